The lowest BCUT2D eigenvalue weighted by molar-refractivity contribution is -0.384. The minimum absolute atomic E-state index is 0.0707. The van der Waals surface area contributed by atoms with E-state index in [-0.39, 0.29) is 21.8 Å². The van der Waals surface area contributed by atoms with Gasteiger partial charge in [0.1, 0.15) is 11.5 Å². The summed E-state index contributed by atoms with van der Waals surface area (Å²) >= 11 is 5.72. The molecule has 0 bridgehead atoms. The third-order valence-electron chi connectivity index (χ3n) is 4.14. The van der Waals surface area contributed by atoms with E-state index in [4.69, 9.17) is 11.6 Å². The van der Waals surface area contributed by atoms with Crippen molar-refractivity contribution >= 4 is 23.0 Å². The molecule has 1 heterocycles. The van der Waals surface area contributed by atoms with Crippen LogP contribution in [0.2, 0.25) is 5.02 Å². The SMILES string of the molecule is CN1CCC(C)(CNc2cc(Cl)c(F)cc2[N+](=O)[O-])CC1. The van der Waals surface area contributed by atoms with Crippen LogP contribution in [0.25, 0.3) is 0 Å². The molecule has 0 aliphatic carbocycles. The number of halogens is 2. The molecule has 0 spiro atoms. The molecule has 21 heavy (non-hydrogen) atoms. The predicted molar refractivity (Wildman–Crippen MR) is 81.4 cm³/mol. The van der Waals surface area contributed by atoms with Gasteiger partial charge in [-0.05, 0) is 44.5 Å². The van der Waals surface area contributed by atoms with E-state index in [2.05, 4.69) is 24.2 Å². The van der Waals surface area contributed by atoms with Gasteiger partial charge in [-0.2, -0.15) is 0 Å². The lowest BCUT2D eigenvalue weighted by atomic mass is 9.80. The molecule has 0 aromatic heterocycles. The summed E-state index contributed by atoms with van der Waals surface area (Å²) in [4.78, 5) is 12.7. The van der Waals surface area contributed by atoms with Crippen LogP contribution in [0.5, 0.6) is 0 Å². The quantitative estimate of drug-likeness (QED) is 0.682. The zero-order valence-electron chi connectivity index (χ0n) is 12.2. The van der Waals surface area contributed by atoms with Crippen LogP contribution in [0, 0.1) is 21.3 Å². The van der Waals surface area contributed by atoms with Crippen molar-refractivity contribution in [1.29, 1.82) is 0 Å². The number of anilines is 1. The van der Waals surface area contributed by atoms with Gasteiger partial charge in [-0.25, -0.2) is 4.39 Å². The Kier molecular flexibility index (Phi) is 4.68. The molecule has 7 heteroatoms. The Morgan fingerprint density at radius 3 is 2.67 bits per heavy atom. The van der Waals surface area contributed by atoms with E-state index in [1.54, 1.807) is 0 Å². The van der Waals surface area contributed by atoms with Gasteiger partial charge < -0.3 is 10.2 Å². The summed E-state index contributed by atoms with van der Waals surface area (Å²) < 4.78 is 13.4. The monoisotopic (exact) mass is 315 g/mol. The zero-order valence-corrected chi connectivity index (χ0v) is 12.9. The highest BCUT2D eigenvalue weighted by Gasteiger charge is 2.29. The number of hydrogen-bond donors (Lipinski definition) is 1. The fourth-order valence-corrected chi connectivity index (χ4v) is 2.64. The lowest BCUT2D eigenvalue weighted by Crippen LogP contribution is -2.40. The van der Waals surface area contributed by atoms with Crippen LogP contribution < -0.4 is 5.32 Å². The fraction of sp³-hybridized carbons (Fsp3) is 0.571. The average molecular weight is 316 g/mol. The number of nitro benzene ring substituents is 1. The van der Waals surface area contributed by atoms with Gasteiger partial charge in [0.15, 0.2) is 0 Å². The Morgan fingerprint density at radius 1 is 1.48 bits per heavy atom. The third kappa shape index (κ3) is 3.83. The highest BCUT2D eigenvalue weighted by Crippen LogP contribution is 2.34. The van der Waals surface area contributed by atoms with E-state index < -0.39 is 10.7 Å². The second-order valence-electron chi connectivity index (χ2n) is 6.01. The maximum absolute atomic E-state index is 13.4. The predicted octanol–water partition coefficient (Wildman–Crippen LogP) is 3.53. The Labute approximate surface area is 128 Å². The molecule has 2 rings (SSSR count). The average Bonchev–Trinajstić information content (AvgIpc) is 2.43. The van der Waals surface area contributed by atoms with E-state index in [0.717, 1.165) is 32.0 Å². The smallest absolute Gasteiger partial charge is 0.295 e. The van der Waals surface area contributed by atoms with Crippen LogP contribution in [0.4, 0.5) is 15.8 Å². The summed E-state index contributed by atoms with van der Waals surface area (Å²) in [5.41, 5.74) is 0.0568. The van der Waals surface area contributed by atoms with Crippen LogP contribution in [-0.2, 0) is 0 Å². The first kappa shape index (κ1) is 16.0. The molecule has 116 valence electrons. The van der Waals surface area contributed by atoms with Crippen molar-refractivity contribution in [1.82, 2.24) is 4.90 Å². The summed E-state index contributed by atoms with van der Waals surface area (Å²) in [5, 5.41) is 14.0. The van der Waals surface area contributed by atoms with Gasteiger partial charge >= 0.3 is 0 Å². The van der Waals surface area contributed by atoms with E-state index >= 15 is 0 Å². The Balaban J connectivity index is 2.12. The second kappa shape index (κ2) is 6.15. The number of nitro groups is 1. The molecule has 1 N–H and O–H groups in total. The highest BCUT2D eigenvalue weighted by molar-refractivity contribution is 6.31. The number of nitrogens with one attached hydrogen (secondary N) is 1. The maximum atomic E-state index is 13.4. The summed E-state index contributed by atoms with van der Waals surface area (Å²) in [7, 11) is 2.08. The first-order valence-corrected chi connectivity index (χ1v) is 7.24. The number of benzene rings is 1. The normalized spacial score (nSPS) is 18.5. The molecule has 5 nitrogen and oxygen atoms in total. The third-order valence-corrected chi connectivity index (χ3v) is 4.42. The van der Waals surface area contributed by atoms with Gasteiger partial charge in [0.05, 0.1) is 16.0 Å². The molecule has 1 fully saturated rings. The topological polar surface area (TPSA) is 58.4 Å². The molecular weight excluding hydrogens is 297 g/mol. The summed E-state index contributed by atoms with van der Waals surface area (Å²) in [6, 6.07) is 2.15. The van der Waals surface area contributed by atoms with Crippen molar-refractivity contribution in [3.63, 3.8) is 0 Å². The van der Waals surface area contributed by atoms with Crippen LogP contribution in [0.1, 0.15) is 19.8 Å². The van der Waals surface area contributed by atoms with Gasteiger partial charge in [0.2, 0.25) is 0 Å². The Hall–Kier alpha value is -1.40. The van der Waals surface area contributed by atoms with Crippen molar-refractivity contribution in [3.05, 3.63) is 33.1 Å². The maximum Gasteiger partial charge on any atom is 0.295 e. The largest absolute Gasteiger partial charge is 0.379 e. The zero-order chi connectivity index (χ0) is 15.6. The van der Waals surface area contributed by atoms with E-state index in [1.807, 2.05) is 0 Å². The number of hydrogen-bond acceptors (Lipinski definition) is 4. The van der Waals surface area contributed by atoms with Gasteiger partial charge in [0.25, 0.3) is 5.69 Å². The summed E-state index contributed by atoms with van der Waals surface area (Å²) in [6.45, 7) is 4.77. The number of likely N-dealkylation sites (tertiary alicyclic amines) is 1. The van der Waals surface area contributed by atoms with Gasteiger partial charge in [-0.15, -0.1) is 0 Å². The van der Waals surface area contributed by atoms with Gasteiger partial charge in [-0.1, -0.05) is 18.5 Å². The van der Waals surface area contributed by atoms with Crippen molar-refractivity contribution in [2.24, 2.45) is 5.41 Å². The number of rotatable bonds is 4. The molecule has 0 amide bonds. The molecule has 1 saturated heterocycles. The number of nitrogens with zero attached hydrogens (tertiary/aromatic N) is 2. The van der Waals surface area contributed by atoms with Crippen LogP contribution in [0.3, 0.4) is 0 Å². The van der Waals surface area contributed by atoms with Crippen molar-refractivity contribution in [2.45, 2.75) is 19.8 Å². The summed E-state index contributed by atoms with van der Waals surface area (Å²) in [6.07, 6.45) is 2.03. The second-order valence-corrected chi connectivity index (χ2v) is 6.42. The molecule has 1 aromatic rings. The molecule has 0 atom stereocenters. The first-order chi connectivity index (χ1) is 9.81. The van der Waals surface area contributed by atoms with E-state index in [9.17, 15) is 14.5 Å². The van der Waals surface area contributed by atoms with Gasteiger partial charge in [-0.3, -0.25) is 10.1 Å². The van der Waals surface area contributed by atoms with Gasteiger partial charge in [0, 0.05) is 6.54 Å². The van der Waals surface area contributed by atoms with E-state index in [0.29, 0.717) is 6.54 Å². The molecule has 1 aliphatic heterocycles. The molecular formula is C14H19ClFN3O2. The minimum atomic E-state index is -0.778. The van der Waals surface area contributed by atoms with Crippen molar-refractivity contribution in [3.8, 4) is 0 Å². The molecule has 1 aromatic carbocycles. The van der Waals surface area contributed by atoms with Crippen LogP contribution in [0.15, 0.2) is 12.1 Å². The fourth-order valence-electron chi connectivity index (χ4n) is 2.47. The first-order valence-electron chi connectivity index (χ1n) is 6.87. The lowest BCUT2D eigenvalue weighted by Gasteiger charge is -2.38. The molecule has 1 aliphatic rings. The number of piperidine rings is 1. The van der Waals surface area contributed by atoms with Crippen molar-refractivity contribution in [2.75, 3.05) is 32.0 Å². The minimum Gasteiger partial charge on any atom is -0.379 e. The van der Waals surface area contributed by atoms with Crippen molar-refractivity contribution < 1.29 is 9.31 Å². The summed E-state index contributed by atoms with van der Waals surface area (Å²) in [5.74, 6) is -0.778. The highest BCUT2D eigenvalue weighted by atomic mass is 35.5. The standard InChI is InChI=1S/C14H19ClFN3O2/c1-14(3-5-18(2)6-4-14)9-17-12-7-10(15)11(16)8-13(12)19(20)21/h7-8,17H,3-6,9H2,1-2H3. The Bertz CT molecular complexity index is 545. The molecule has 0 unspecified atom stereocenters. The Morgan fingerprint density at radius 2 is 2.10 bits per heavy atom. The van der Waals surface area contributed by atoms with Crippen LogP contribution in [-0.4, -0.2) is 36.5 Å². The van der Waals surface area contributed by atoms with E-state index in [1.165, 1.54) is 6.07 Å². The van der Waals surface area contributed by atoms with Crippen LogP contribution >= 0.6 is 11.6 Å². The molecule has 0 saturated carbocycles. The molecule has 0 radical (unpaired) electrons.